The molecule has 0 saturated heterocycles. The van der Waals surface area contributed by atoms with Crippen LogP contribution in [0.25, 0.3) is 0 Å². The summed E-state index contributed by atoms with van der Waals surface area (Å²) in [6.45, 7) is 7.08. The summed E-state index contributed by atoms with van der Waals surface area (Å²) < 4.78 is 0. The van der Waals surface area contributed by atoms with E-state index in [-0.39, 0.29) is 17.9 Å². The van der Waals surface area contributed by atoms with Gasteiger partial charge in [0.25, 0.3) is 5.91 Å². The van der Waals surface area contributed by atoms with Crippen molar-refractivity contribution in [2.45, 2.75) is 52.9 Å². The van der Waals surface area contributed by atoms with Gasteiger partial charge in [-0.15, -0.1) is 11.3 Å². The first-order valence-corrected chi connectivity index (χ1v) is 8.86. The average molecular weight is 309 g/mol. The smallest absolute Gasteiger partial charge is 0.261 e. The van der Waals surface area contributed by atoms with Gasteiger partial charge in [-0.2, -0.15) is 0 Å². The van der Waals surface area contributed by atoms with E-state index in [4.69, 9.17) is 0 Å². The van der Waals surface area contributed by atoms with Crippen LogP contribution in [-0.2, 0) is 12.8 Å². The van der Waals surface area contributed by atoms with Gasteiger partial charge >= 0.3 is 0 Å². The Kier molecular flexibility index (Phi) is 5.44. The van der Waals surface area contributed by atoms with E-state index in [1.54, 1.807) is 11.3 Å². The molecule has 3 nitrogen and oxygen atoms in total. The zero-order chi connectivity index (χ0) is 15.5. The third-order valence-corrected chi connectivity index (χ3v) is 6.25. The molecule has 1 aromatic heterocycles. The van der Waals surface area contributed by atoms with Crippen LogP contribution in [0.2, 0.25) is 0 Å². The molecule has 2 rings (SSSR count). The zero-order valence-electron chi connectivity index (χ0n) is 13.4. The Balaban J connectivity index is 2.01. The third-order valence-electron chi connectivity index (χ3n) is 5.01. The van der Waals surface area contributed by atoms with Crippen molar-refractivity contribution >= 4 is 17.2 Å². The van der Waals surface area contributed by atoms with Gasteiger partial charge in [0, 0.05) is 16.8 Å². The highest BCUT2D eigenvalue weighted by molar-refractivity contribution is 7.14. The molecule has 1 unspecified atom stereocenters. The van der Waals surface area contributed by atoms with Crippen LogP contribution in [0.5, 0.6) is 0 Å². The number of thiophene rings is 1. The first-order chi connectivity index (χ1) is 10.0. The van der Waals surface area contributed by atoms with E-state index in [1.807, 2.05) is 0 Å². The fourth-order valence-electron chi connectivity index (χ4n) is 2.95. The number of nitrogens with one attached hydrogen (secondary N) is 1. The predicted molar refractivity (Wildman–Crippen MR) is 87.9 cm³/mol. The molecule has 0 spiro atoms. The lowest BCUT2D eigenvalue weighted by molar-refractivity contribution is 0.0854. The normalized spacial score (nSPS) is 18.4. The van der Waals surface area contributed by atoms with Crippen molar-refractivity contribution in [2.75, 3.05) is 13.2 Å². The molecule has 2 N–H and O–H groups in total. The summed E-state index contributed by atoms with van der Waals surface area (Å²) in [6, 6.07) is 2.07. The van der Waals surface area contributed by atoms with Crippen molar-refractivity contribution in [3.63, 3.8) is 0 Å². The van der Waals surface area contributed by atoms with E-state index in [0.717, 1.165) is 36.5 Å². The summed E-state index contributed by atoms with van der Waals surface area (Å²) in [7, 11) is 0. The van der Waals surface area contributed by atoms with E-state index >= 15 is 0 Å². The number of carbonyl (C=O) groups excluding carboxylic acids is 1. The molecule has 0 fully saturated rings. The number of aliphatic hydroxyl groups is 1. The summed E-state index contributed by atoms with van der Waals surface area (Å²) in [5.74, 6) is 0.743. The second-order valence-electron chi connectivity index (χ2n) is 6.45. The Morgan fingerprint density at radius 1 is 1.48 bits per heavy atom. The maximum Gasteiger partial charge on any atom is 0.261 e. The number of rotatable bonds is 6. The molecule has 1 heterocycles. The van der Waals surface area contributed by atoms with Crippen LogP contribution in [0.15, 0.2) is 6.07 Å². The molecule has 0 aromatic carbocycles. The van der Waals surface area contributed by atoms with Gasteiger partial charge in [-0.05, 0) is 49.7 Å². The number of carbonyl (C=O) groups is 1. The van der Waals surface area contributed by atoms with Gasteiger partial charge in [0.05, 0.1) is 11.5 Å². The molecule has 1 aliphatic carbocycles. The maximum atomic E-state index is 12.4. The average Bonchev–Trinajstić information content (AvgIpc) is 2.92. The van der Waals surface area contributed by atoms with E-state index in [9.17, 15) is 9.90 Å². The molecule has 0 bridgehead atoms. The number of aliphatic hydroxyl groups excluding tert-OH is 1. The highest BCUT2D eigenvalue weighted by Gasteiger charge is 2.27. The highest BCUT2D eigenvalue weighted by atomic mass is 32.1. The van der Waals surface area contributed by atoms with Gasteiger partial charge in [-0.25, -0.2) is 0 Å². The Labute approximate surface area is 131 Å². The Morgan fingerprint density at radius 2 is 2.19 bits per heavy atom. The van der Waals surface area contributed by atoms with E-state index in [0.29, 0.717) is 6.54 Å². The third kappa shape index (κ3) is 3.67. The number of fused-ring (bicyclic) bond motifs is 1. The zero-order valence-corrected chi connectivity index (χ0v) is 14.2. The number of amides is 1. The first-order valence-electron chi connectivity index (χ1n) is 8.04. The maximum absolute atomic E-state index is 12.4. The molecule has 0 aliphatic heterocycles. The van der Waals surface area contributed by atoms with E-state index < -0.39 is 0 Å². The topological polar surface area (TPSA) is 49.3 Å². The number of aryl methyl sites for hydroxylation is 1. The lowest BCUT2D eigenvalue weighted by Crippen LogP contribution is -2.39. The van der Waals surface area contributed by atoms with Gasteiger partial charge in [0.1, 0.15) is 0 Å². The second kappa shape index (κ2) is 6.93. The molecule has 1 aliphatic rings. The van der Waals surface area contributed by atoms with Crippen molar-refractivity contribution in [1.29, 1.82) is 0 Å². The molecule has 0 radical (unpaired) electrons. The summed E-state index contributed by atoms with van der Waals surface area (Å²) in [5.41, 5.74) is 1.18. The Morgan fingerprint density at radius 3 is 2.81 bits per heavy atom. The standard InChI is InChI=1S/C17H27NO2S/c1-4-17(5-2,11-19)10-18-16(20)15-9-13-8-12(3)6-7-14(13)21-15/h9,12,19H,4-8,10-11H2,1-3H3,(H,18,20). The summed E-state index contributed by atoms with van der Waals surface area (Å²) in [5, 5.41) is 12.6. The molecule has 1 atom stereocenters. The Hall–Kier alpha value is -0.870. The minimum Gasteiger partial charge on any atom is -0.396 e. The second-order valence-corrected chi connectivity index (χ2v) is 7.59. The molecule has 4 heteroatoms. The van der Waals surface area contributed by atoms with Crippen molar-refractivity contribution in [1.82, 2.24) is 5.32 Å². The van der Waals surface area contributed by atoms with Gasteiger partial charge in [0.15, 0.2) is 0 Å². The van der Waals surface area contributed by atoms with Crippen molar-refractivity contribution < 1.29 is 9.90 Å². The number of hydrogen-bond donors (Lipinski definition) is 2. The van der Waals surface area contributed by atoms with Gasteiger partial charge in [-0.1, -0.05) is 20.8 Å². The monoisotopic (exact) mass is 309 g/mol. The first kappa shape index (κ1) is 16.5. The minimum absolute atomic E-state index is 0.0155. The Bertz CT molecular complexity index is 483. The molecule has 0 saturated carbocycles. The van der Waals surface area contributed by atoms with Gasteiger partial charge in [-0.3, -0.25) is 4.79 Å². The van der Waals surface area contributed by atoms with Crippen LogP contribution >= 0.6 is 11.3 Å². The lowest BCUT2D eigenvalue weighted by Gasteiger charge is -2.29. The molecular formula is C17H27NO2S. The van der Waals surface area contributed by atoms with Crippen molar-refractivity contribution in [3.05, 3.63) is 21.4 Å². The SMILES string of the molecule is CCC(CC)(CO)CNC(=O)c1cc2c(s1)CCC(C)C2. The molecule has 1 amide bonds. The highest BCUT2D eigenvalue weighted by Crippen LogP contribution is 2.32. The fourth-order valence-corrected chi connectivity index (χ4v) is 4.08. The van der Waals surface area contributed by atoms with Crippen LogP contribution in [0.3, 0.4) is 0 Å². The van der Waals surface area contributed by atoms with Crippen molar-refractivity contribution in [3.8, 4) is 0 Å². The molecular weight excluding hydrogens is 282 g/mol. The van der Waals surface area contributed by atoms with E-state index in [1.165, 1.54) is 16.9 Å². The lowest BCUT2D eigenvalue weighted by atomic mass is 9.83. The van der Waals surface area contributed by atoms with Gasteiger partial charge < -0.3 is 10.4 Å². The molecule has 1 aromatic rings. The minimum atomic E-state index is -0.180. The fraction of sp³-hybridized carbons (Fsp3) is 0.706. The van der Waals surface area contributed by atoms with Gasteiger partial charge in [0.2, 0.25) is 0 Å². The van der Waals surface area contributed by atoms with Crippen LogP contribution in [-0.4, -0.2) is 24.2 Å². The quantitative estimate of drug-likeness (QED) is 0.846. The van der Waals surface area contributed by atoms with Crippen LogP contribution in [0.1, 0.15) is 60.1 Å². The van der Waals surface area contributed by atoms with Crippen LogP contribution in [0.4, 0.5) is 0 Å². The molecule has 118 valence electrons. The number of hydrogen-bond acceptors (Lipinski definition) is 3. The van der Waals surface area contributed by atoms with Crippen LogP contribution in [0, 0.1) is 11.3 Å². The van der Waals surface area contributed by atoms with Crippen LogP contribution < -0.4 is 5.32 Å². The molecule has 21 heavy (non-hydrogen) atoms. The summed E-state index contributed by atoms with van der Waals surface area (Å²) in [4.78, 5) is 14.6. The largest absolute Gasteiger partial charge is 0.396 e. The predicted octanol–water partition coefficient (Wildman–Crippen LogP) is 3.40. The van der Waals surface area contributed by atoms with Crippen molar-refractivity contribution in [2.24, 2.45) is 11.3 Å². The summed E-state index contributed by atoms with van der Waals surface area (Å²) in [6.07, 6.45) is 5.19. The van der Waals surface area contributed by atoms with E-state index in [2.05, 4.69) is 32.2 Å². The summed E-state index contributed by atoms with van der Waals surface area (Å²) >= 11 is 1.64.